The van der Waals surface area contributed by atoms with Gasteiger partial charge in [0, 0.05) is 4.47 Å². The quantitative estimate of drug-likeness (QED) is 0.863. The van der Waals surface area contributed by atoms with Crippen LogP contribution in [0.5, 0.6) is 0 Å². The summed E-state index contributed by atoms with van der Waals surface area (Å²) in [7, 11) is 0. The number of anilines is 1. The van der Waals surface area contributed by atoms with Crippen molar-refractivity contribution in [3.8, 4) is 6.07 Å². The Balaban J connectivity index is 2.20. The van der Waals surface area contributed by atoms with Gasteiger partial charge in [0.1, 0.15) is 6.07 Å². The predicted octanol–water partition coefficient (Wildman–Crippen LogP) is 1.49. The number of nitrogens with one attached hydrogen (secondary N) is 1. The molecule has 2 rings (SSSR count). The first kappa shape index (κ1) is 11.4. The van der Waals surface area contributed by atoms with Crippen molar-refractivity contribution in [1.82, 2.24) is 0 Å². The van der Waals surface area contributed by atoms with Gasteiger partial charge in [-0.3, -0.25) is 0 Å². The number of aliphatic hydroxyl groups is 1. The molecule has 2 N–H and O–H groups in total. The maximum Gasteiger partial charge on any atom is 0.101 e. The average molecular weight is 283 g/mol. The van der Waals surface area contributed by atoms with Crippen LogP contribution < -0.4 is 5.32 Å². The van der Waals surface area contributed by atoms with Gasteiger partial charge >= 0.3 is 0 Å². The third kappa shape index (κ3) is 2.35. The van der Waals surface area contributed by atoms with E-state index in [-0.39, 0.29) is 6.04 Å². The number of nitriles is 1. The lowest BCUT2D eigenvalue weighted by atomic mass is 10.1. The molecule has 84 valence electrons. The van der Waals surface area contributed by atoms with E-state index in [2.05, 4.69) is 27.3 Å². The van der Waals surface area contributed by atoms with Crippen molar-refractivity contribution < 1.29 is 9.84 Å². The Bertz CT molecular complexity index is 430. The molecule has 16 heavy (non-hydrogen) atoms. The highest BCUT2D eigenvalue weighted by atomic mass is 79.9. The number of benzene rings is 1. The van der Waals surface area contributed by atoms with Crippen molar-refractivity contribution in [2.45, 2.75) is 12.1 Å². The van der Waals surface area contributed by atoms with Crippen molar-refractivity contribution >= 4 is 21.6 Å². The molecule has 0 bridgehead atoms. The number of ether oxygens (including phenoxy) is 1. The van der Waals surface area contributed by atoms with Gasteiger partial charge < -0.3 is 15.2 Å². The minimum Gasteiger partial charge on any atom is -0.388 e. The van der Waals surface area contributed by atoms with Gasteiger partial charge in [-0.25, -0.2) is 0 Å². The van der Waals surface area contributed by atoms with Gasteiger partial charge in [0.15, 0.2) is 0 Å². The van der Waals surface area contributed by atoms with Crippen LogP contribution in [0.25, 0.3) is 0 Å². The molecule has 0 aromatic heterocycles. The Kier molecular flexibility index (Phi) is 3.44. The maximum atomic E-state index is 9.60. The molecule has 0 aliphatic carbocycles. The number of hydrogen-bond acceptors (Lipinski definition) is 4. The van der Waals surface area contributed by atoms with Gasteiger partial charge in [0.05, 0.1) is 36.6 Å². The lowest BCUT2D eigenvalue weighted by molar-refractivity contribution is 0.125. The van der Waals surface area contributed by atoms with Crippen molar-refractivity contribution in [3.05, 3.63) is 28.2 Å². The Morgan fingerprint density at radius 3 is 2.94 bits per heavy atom. The SMILES string of the molecule is N#Cc1ccc(Br)cc1NC1COCC1O. The van der Waals surface area contributed by atoms with E-state index in [9.17, 15) is 5.11 Å². The number of hydrogen-bond donors (Lipinski definition) is 2. The van der Waals surface area contributed by atoms with Crippen LogP contribution in [0.4, 0.5) is 5.69 Å². The van der Waals surface area contributed by atoms with Crippen LogP contribution in [0.1, 0.15) is 5.56 Å². The summed E-state index contributed by atoms with van der Waals surface area (Å²) in [6.45, 7) is 0.798. The van der Waals surface area contributed by atoms with Gasteiger partial charge in [-0.1, -0.05) is 15.9 Å². The highest BCUT2D eigenvalue weighted by molar-refractivity contribution is 9.10. The van der Waals surface area contributed by atoms with Crippen LogP contribution >= 0.6 is 15.9 Å². The van der Waals surface area contributed by atoms with E-state index in [4.69, 9.17) is 10.00 Å². The summed E-state index contributed by atoms with van der Waals surface area (Å²) in [5, 5.41) is 21.7. The zero-order chi connectivity index (χ0) is 11.5. The van der Waals surface area contributed by atoms with E-state index < -0.39 is 6.10 Å². The van der Waals surface area contributed by atoms with Crippen LogP contribution in [0.3, 0.4) is 0 Å². The van der Waals surface area contributed by atoms with E-state index in [1.807, 2.05) is 12.1 Å². The lowest BCUT2D eigenvalue weighted by Crippen LogP contribution is -2.32. The fourth-order valence-corrected chi connectivity index (χ4v) is 1.98. The predicted molar refractivity (Wildman–Crippen MR) is 63.1 cm³/mol. The maximum absolute atomic E-state index is 9.60. The average Bonchev–Trinajstić information content (AvgIpc) is 2.65. The first-order valence-corrected chi connectivity index (χ1v) is 5.72. The summed E-state index contributed by atoms with van der Waals surface area (Å²) in [6.07, 6.45) is -0.523. The molecule has 1 heterocycles. The largest absolute Gasteiger partial charge is 0.388 e. The van der Waals surface area contributed by atoms with E-state index in [1.54, 1.807) is 6.07 Å². The van der Waals surface area contributed by atoms with Crippen LogP contribution in [0, 0.1) is 11.3 Å². The van der Waals surface area contributed by atoms with E-state index in [1.165, 1.54) is 0 Å². The molecule has 0 radical (unpaired) electrons. The number of aliphatic hydroxyl groups excluding tert-OH is 1. The fourth-order valence-electron chi connectivity index (χ4n) is 1.61. The summed E-state index contributed by atoms with van der Waals surface area (Å²) in [5.74, 6) is 0. The molecule has 0 spiro atoms. The van der Waals surface area contributed by atoms with Crippen LogP contribution in [0.2, 0.25) is 0 Å². The van der Waals surface area contributed by atoms with Crippen LogP contribution in [0.15, 0.2) is 22.7 Å². The number of nitrogens with zero attached hydrogens (tertiary/aromatic N) is 1. The molecule has 0 amide bonds. The van der Waals surface area contributed by atoms with Gasteiger partial charge in [0.2, 0.25) is 0 Å². The first-order valence-electron chi connectivity index (χ1n) is 4.92. The zero-order valence-corrected chi connectivity index (χ0v) is 10.1. The summed E-state index contributed by atoms with van der Waals surface area (Å²) >= 11 is 3.35. The molecule has 1 aromatic carbocycles. The van der Waals surface area contributed by atoms with Gasteiger partial charge in [0.25, 0.3) is 0 Å². The van der Waals surface area contributed by atoms with E-state index >= 15 is 0 Å². The molecule has 4 nitrogen and oxygen atoms in total. The molecule has 5 heteroatoms. The first-order chi connectivity index (χ1) is 7.70. The van der Waals surface area contributed by atoms with Crippen LogP contribution in [-0.2, 0) is 4.74 Å². The molecule has 1 aliphatic rings. The molecule has 1 fully saturated rings. The Labute approximate surface area is 102 Å². The standard InChI is InChI=1S/C11H11BrN2O2/c12-8-2-1-7(4-13)9(3-8)14-10-5-16-6-11(10)15/h1-3,10-11,14-15H,5-6H2. The second kappa shape index (κ2) is 4.83. The Morgan fingerprint density at radius 2 is 2.31 bits per heavy atom. The Hall–Kier alpha value is -1.09. The van der Waals surface area contributed by atoms with Gasteiger partial charge in [-0.15, -0.1) is 0 Å². The Morgan fingerprint density at radius 1 is 1.50 bits per heavy atom. The normalized spacial score (nSPS) is 24.1. The second-order valence-electron chi connectivity index (χ2n) is 3.66. The number of rotatable bonds is 2. The van der Waals surface area contributed by atoms with Crippen molar-refractivity contribution in [3.63, 3.8) is 0 Å². The van der Waals surface area contributed by atoms with Crippen LogP contribution in [-0.4, -0.2) is 30.5 Å². The molecule has 1 saturated heterocycles. The second-order valence-corrected chi connectivity index (χ2v) is 4.57. The third-order valence-electron chi connectivity index (χ3n) is 2.49. The molecule has 2 unspecified atom stereocenters. The van der Waals surface area contributed by atoms with E-state index in [0.717, 1.165) is 4.47 Å². The fraction of sp³-hybridized carbons (Fsp3) is 0.364. The topological polar surface area (TPSA) is 65.3 Å². The smallest absolute Gasteiger partial charge is 0.101 e. The molecule has 2 atom stereocenters. The van der Waals surface area contributed by atoms with Crippen molar-refractivity contribution in [1.29, 1.82) is 5.26 Å². The highest BCUT2D eigenvalue weighted by Crippen LogP contribution is 2.23. The summed E-state index contributed by atoms with van der Waals surface area (Å²) in [4.78, 5) is 0. The van der Waals surface area contributed by atoms with Gasteiger partial charge in [-0.05, 0) is 18.2 Å². The molecular formula is C11H11BrN2O2. The molecule has 1 aromatic rings. The third-order valence-corrected chi connectivity index (χ3v) is 2.99. The van der Waals surface area contributed by atoms with Crippen molar-refractivity contribution in [2.75, 3.05) is 18.5 Å². The summed E-state index contributed by atoms with van der Waals surface area (Å²) < 4.78 is 6.03. The van der Waals surface area contributed by atoms with E-state index in [0.29, 0.717) is 24.5 Å². The number of halogens is 1. The zero-order valence-electron chi connectivity index (χ0n) is 8.48. The lowest BCUT2D eigenvalue weighted by Gasteiger charge is -2.17. The monoisotopic (exact) mass is 282 g/mol. The minimum absolute atomic E-state index is 0.151. The van der Waals surface area contributed by atoms with Gasteiger partial charge in [-0.2, -0.15) is 5.26 Å². The van der Waals surface area contributed by atoms with Crippen molar-refractivity contribution in [2.24, 2.45) is 0 Å². The molecule has 0 saturated carbocycles. The highest BCUT2D eigenvalue weighted by Gasteiger charge is 2.26. The summed E-state index contributed by atoms with van der Waals surface area (Å²) in [5.41, 5.74) is 1.27. The molecule has 1 aliphatic heterocycles. The minimum atomic E-state index is -0.523. The molecular weight excluding hydrogens is 272 g/mol. The summed E-state index contributed by atoms with van der Waals surface area (Å²) in [6, 6.07) is 7.32.